The molecule has 0 heterocycles. The second-order valence-electron chi connectivity index (χ2n) is 3.48. The Morgan fingerprint density at radius 3 is 1.95 bits per heavy atom. The van der Waals surface area contributed by atoms with Gasteiger partial charge in [-0.3, -0.25) is 9.32 Å². The molecule has 120 valence electrons. The Labute approximate surface area is 158 Å². The Morgan fingerprint density at radius 1 is 1.10 bits per heavy atom. The fourth-order valence-corrected chi connectivity index (χ4v) is 1.53. The van der Waals surface area contributed by atoms with Gasteiger partial charge in [-0.05, 0) is 0 Å². The number of aliphatic hydroxyl groups excluding tert-OH is 3. The summed E-state index contributed by atoms with van der Waals surface area (Å²) in [7, 11) is -10.4. The second kappa shape index (κ2) is 10.3. The third-order valence-electron chi connectivity index (χ3n) is 1.83. The van der Waals surface area contributed by atoms with Crippen LogP contribution < -0.4 is 9.79 Å². The molecule has 0 aliphatic heterocycles. The molecule has 3 atom stereocenters. The van der Waals surface area contributed by atoms with Crippen molar-refractivity contribution in [1.82, 2.24) is 0 Å². The van der Waals surface area contributed by atoms with Crippen LogP contribution in [0.4, 0.5) is 0 Å². The average molecular weight is 475 g/mol. The number of hydrogen-bond acceptors (Lipinski definition) is 10. The van der Waals surface area contributed by atoms with Gasteiger partial charge in [-0.1, -0.05) is 0 Å². The molecule has 0 saturated carbocycles. The van der Waals surface area contributed by atoms with Gasteiger partial charge in [0.05, 0.1) is 14.4 Å². The zero-order valence-corrected chi connectivity index (χ0v) is 16.6. The number of rotatable bonds is 9. The van der Waals surface area contributed by atoms with Crippen molar-refractivity contribution < 1.29 is 57.9 Å². The van der Waals surface area contributed by atoms with Crippen LogP contribution in [0.25, 0.3) is 0 Å². The number of aliphatic hydroxyl groups is 3. The molecule has 15 heteroatoms. The quantitative estimate of drug-likeness (QED) is 0.157. The zero-order chi connectivity index (χ0) is 16.1. The summed E-state index contributed by atoms with van der Waals surface area (Å²) in [4.78, 5) is 47.9. The first kappa shape index (κ1) is 24.6. The van der Waals surface area contributed by atoms with Crippen LogP contribution in [0.5, 0.6) is 0 Å². The Balaban J connectivity index is 0. The van der Waals surface area contributed by atoms with Gasteiger partial charge in [0.25, 0.3) is 0 Å². The summed E-state index contributed by atoms with van der Waals surface area (Å²) >= 11 is 0. The van der Waals surface area contributed by atoms with E-state index in [9.17, 15) is 33.9 Å². The largest absolute Gasteiger partial charge is 2.00 e. The number of Topliss-reactive ketones (excluding diaryl/α,β-unsaturated/α-hetero) is 1. The fraction of sp³-hybridized carbons (Fsp3) is 0.833. The molecular formula is C6H12BaO12P2. The predicted molar refractivity (Wildman–Crippen MR) is 60.3 cm³/mol. The smallest absolute Gasteiger partial charge is 0.790 e. The van der Waals surface area contributed by atoms with Crippen LogP contribution in [0.3, 0.4) is 0 Å². The van der Waals surface area contributed by atoms with E-state index in [0.717, 1.165) is 0 Å². The van der Waals surface area contributed by atoms with Gasteiger partial charge >= 0.3 is 56.7 Å². The number of phosphoric ester groups is 2. The third kappa shape index (κ3) is 12.4. The third-order valence-corrected chi connectivity index (χ3v) is 2.76. The van der Waals surface area contributed by atoms with Crippen molar-refractivity contribution in [2.45, 2.75) is 18.3 Å². The molecule has 0 spiro atoms. The molecule has 0 bridgehead atoms. The molecule has 0 aliphatic carbocycles. The van der Waals surface area contributed by atoms with Gasteiger partial charge in [0.15, 0.2) is 5.78 Å². The monoisotopic (exact) mass is 476 g/mol. The minimum absolute atomic E-state index is 0. The van der Waals surface area contributed by atoms with Crippen LogP contribution in [-0.2, 0) is 23.0 Å². The van der Waals surface area contributed by atoms with Crippen LogP contribution in [0, 0.1) is 0 Å². The molecule has 0 aromatic carbocycles. The predicted octanol–water partition coefficient (Wildman–Crippen LogP) is -4.79. The van der Waals surface area contributed by atoms with E-state index in [1.807, 2.05) is 0 Å². The van der Waals surface area contributed by atoms with Gasteiger partial charge in [-0.2, -0.15) is 0 Å². The minimum atomic E-state index is -5.41. The maximum Gasteiger partial charge on any atom is 2.00 e. The molecule has 0 aromatic rings. The van der Waals surface area contributed by atoms with Gasteiger partial charge in [-0.25, -0.2) is 4.57 Å². The topological polar surface area (TPSA) is 217 Å². The average Bonchev–Trinajstić information content (AvgIpc) is 2.29. The van der Waals surface area contributed by atoms with Crippen molar-refractivity contribution in [3.8, 4) is 0 Å². The Kier molecular flexibility index (Phi) is 12.0. The Hall–Kier alpha value is 1.34. The van der Waals surface area contributed by atoms with E-state index in [4.69, 9.17) is 14.9 Å². The molecule has 0 rings (SSSR count). The van der Waals surface area contributed by atoms with Crippen molar-refractivity contribution in [3.63, 3.8) is 0 Å². The zero-order valence-electron chi connectivity index (χ0n) is 10.3. The van der Waals surface area contributed by atoms with E-state index in [0.29, 0.717) is 0 Å². The maximum atomic E-state index is 11.1. The maximum absolute atomic E-state index is 11.1. The Bertz CT molecular complexity index is 416. The SMILES string of the molecule is O=C(COP(=O)(O)O)[C@@H](O)[C@H](O)[C@H](O)COP(=O)([O-])[O-].[Ba+2]. The summed E-state index contributed by atoms with van der Waals surface area (Å²) in [5.41, 5.74) is 0. The van der Waals surface area contributed by atoms with E-state index in [2.05, 4.69) is 9.05 Å². The fourth-order valence-electron chi connectivity index (χ4n) is 0.900. The second-order valence-corrected chi connectivity index (χ2v) is 5.87. The molecular weight excluding hydrogens is 463 g/mol. The number of carbonyl (C=O) groups excluding carboxylic acids is 1. The molecule has 0 fully saturated rings. The Morgan fingerprint density at radius 2 is 1.57 bits per heavy atom. The van der Waals surface area contributed by atoms with Crippen LogP contribution >= 0.6 is 15.6 Å². The molecule has 21 heavy (non-hydrogen) atoms. The molecule has 0 aromatic heterocycles. The minimum Gasteiger partial charge on any atom is -0.790 e. The van der Waals surface area contributed by atoms with E-state index < -0.39 is 53.0 Å². The van der Waals surface area contributed by atoms with E-state index in [1.165, 1.54) is 0 Å². The number of phosphoric acid groups is 2. The van der Waals surface area contributed by atoms with Gasteiger partial charge in [0, 0.05) is 0 Å². The molecule has 0 saturated heterocycles. The number of hydrogen-bond donors (Lipinski definition) is 5. The van der Waals surface area contributed by atoms with Crippen molar-refractivity contribution in [2.75, 3.05) is 13.2 Å². The molecule has 0 unspecified atom stereocenters. The van der Waals surface area contributed by atoms with Crippen molar-refractivity contribution in [2.24, 2.45) is 0 Å². The molecule has 0 amide bonds. The molecule has 0 aliphatic rings. The van der Waals surface area contributed by atoms with Crippen molar-refractivity contribution in [1.29, 1.82) is 0 Å². The first-order valence-electron chi connectivity index (χ1n) is 4.77. The van der Waals surface area contributed by atoms with Crippen LogP contribution in [0.1, 0.15) is 0 Å². The first-order chi connectivity index (χ1) is 8.83. The van der Waals surface area contributed by atoms with Crippen molar-refractivity contribution in [3.05, 3.63) is 0 Å². The van der Waals surface area contributed by atoms with E-state index in [-0.39, 0.29) is 48.9 Å². The normalized spacial score (nSPS) is 16.7. The molecule has 12 nitrogen and oxygen atoms in total. The summed E-state index contributed by atoms with van der Waals surface area (Å²) < 4.78 is 27.7. The van der Waals surface area contributed by atoms with Gasteiger partial charge in [-0.15, -0.1) is 0 Å². The van der Waals surface area contributed by atoms with Gasteiger partial charge < -0.3 is 44.0 Å². The van der Waals surface area contributed by atoms with E-state index >= 15 is 0 Å². The van der Waals surface area contributed by atoms with Crippen molar-refractivity contribution >= 4 is 70.3 Å². The summed E-state index contributed by atoms with van der Waals surface area (Å²) in [6.07, 6.45) is -6.70. The van der Waals surface area contributed by atoms with E-state index in [1.54, 1.807) is 0 Å². The first-order valence-corrected chi connectivity index (χ1v) is 7.76. The molecule has 5 N–H and O–H groups in total. The number of carbonyl (C=O) groups is 1. The molecule has 0 radical (unpaired) electrons. The van der Waals surface area contributed by atoms with Gasteiger partial charge in [0.2, 0.25) is 0 Å². The summed E-state index contributed by atoms with van der Waals surface area (Å²) in [5, 5.41) is 27.6. The van der Waals surface area contributed by atoms with Gasteiger partial charge in [0.1, 0.15) is 24.9 Å². The van der Waals surface area contributed by atoms with Crippen LogP contribution in [-0.4, -0.2) is 111 Å². The summed E-state index contributed by atoms with van der Waals surface area (Å²) in [5.74, 6) is -1.40. The van der Waals surface area contributed by atoms with Crippen LogP contribution in [0.2, 0.25) is 0 Å². The summed E-state index contributed by atoms with van der Waals surface area (Å²) in [6, 6.07) is 0. The summed E-state index contributed by atoms with van der Waals surface area (Å²) in [6.45, 7) is -2.48. The number of ketones is 1. The standard InChI is InChI=1S/C6H14O12P2.Ba/c7-3(1-17-19(11,12)13)5(9)6(10)4(8)2-18-20(14,15)16;/h3,5-7,9-10H,1-2H2,(H2,11,12,13)(H2,14,15,16);/q;+2/p-2/t3-,5-,6-;/m1./s1. The van der Waals surface area contributed by atoms with Crippen LogP contribution in [0.15, 0.2) is 0 Å².